The van der Waals surface area contributed by atoms with Crippen LogP contribution in [0.5, 0.6) is 0 Å². The highest BCUT2D eigenvalue weighted by atomic mass is 35.5. The zero-order valence-electron chi connectivity index (χ0n) is 17.1. The molecule has 0 spiro atoms. The fourth-order valence-electron chi connectivity index (χ4n) is 6.72. The van der Waals surface area contributed by atoms with E-state index in [1.807, 2.05) is 4.57 Å². The zero-order valence-corrected chi connectivity index (χ0v) is 17.9. The van der Waals surface area contributed by atoms with Crippen molar-refractivity contribution in [1.82, 2.24) is 19.5 Å². The van der Waals surface area contributed by atoms with Crippen LogP contribution in [0.25, 0.3) is 11.2 Å². The second kappa shape index (κ2) is 7.31. The summed E-state index contributed by atoms with van der Waals surface area (Å²) >= 11 is 6.36. The summed E-state index contributed by atoms with van der Waals surface area (Å²) in [6.45, 7) is 0. The lowest BCUT2D eigenvalue weighted by atomic mass is 9.86. The predicted molar refractivity (Wildman–Crippen MR) is 114 cm³/mol. The predicted octanol–water partition coefficient (Wildman–Crippen LogP) is 3.55. The first-order valence-corrected chi connectivity index (χ1v) is 12.0. The molecule has 162 valence electrons. The maximum atomic E-state index is 10.6. The van der Waals surface area contributed by atoms with Crippen LogP contribution in [0.4, 0.5) is 5.82 Å². The summed E-state index contributed by atoms with van der Waals surface area (Å²) in [5.74, 6) is 2.54. The Bertz CT molecular complexity index is 923. The number of halogens is 1. The summed E-state index contributed by atoms with van der Waals surface area (Å²) in [6, 6.07) is 0.204. The number of nitrogens with one attached hydrogen (secondary N) is 1. The molecule has 6 rings (SSSR count). The van der Waals surface area contributed by atoms with Crippen molar-refractivity contribution in [2.45, 2.75) is 82.1 Å². The minimum absolute atomic E-state index is 0.187. The van der Waals surface area contributed by atoms with Gasteiger partial charge >= 0.3 is 0 Å². The van der Waals surface area contributed by atoms with Crippen molar-refractivity contribution in [2.75, 3.05) is 5.32 Å². The average molecular weight is 432 g/mol. The summed E-state index contributed by atoms with van der Waals surface area (Å²) < 4.78 is 1.92. The Kier molecular flexibility index (Phi) is 4.70. The Balaban J connectivity index is 1.36. The van der Waals surface area contributed by atoms with Crippen LogP contribution < -0.4 is 5.32 Å². The van der Waals surface area contributed by atoms with Crippen LogP contribution in [0.2, 0.25) is 5.28 Å². The van der Waals surface area contributed by atoms with Crippen LogP contribution in [0, 0.1) is 23.7 Å². The number of hydrogen-bond acceptors (Lipinski definition) is 6. The lowest BCUT2D eigenvalue weighted by Gasteiger charge is -2.30. The van der Waals surface area contributed by atoms with Crippen molar-refractivity contribution < 1.29 is 10.2 Å². The van der Waals surface area contributed by atoms with Gasteiger partial charge in [-0.1, -0.05) is 25.7 Å². The quantitative estimate of drug-likeness (QED) is 0.626. The molecule has 4 aliphatic carbocycles. The van der Waals surface area contributed by atoms with E-state index in [9.17, 15) is 10.2 Å². The minimum atomic E-state index is -0.791. The van der Waals surface area contributed by atoms with E-state index in [1.54, 1.807) is 6.33 Å². The molecule has 4 saturated carbocycles. The number of nitrogens with zero attached hydrogens (tertiary/aromatic N) is 4. The van der Waals surface area contributed by atoms with Gasteiger partial charge in [0.05, 0.1) is 18.5 Å². The molecule has 8 heteroatoms. The van der Waals surface area contributed by atoms with Gasteiger partial charge in [0.1, 0.15) is 6.10 Å². The minimum Gasteiger partial charge on any atom is -0.390 e. The largest absolute Gasteiger partial charge is 0.390 e. The smallest absolute Gasteiger partial charge is 0.226 e. The molecule has 5 atom stereocenters. The van der Waals surface area contributed by atoms with E-state index in [0.717, 1.165) is 6.42 Å². The lowest BCUT2D eigenvalue weighted by molar-refractivity contribution is 0.00386. The van der Waals surface area contributed by atoms with Crippen molar-refractivity contribution in [3.05, 3.63) is 11.6 Å². The highest BCUT2D eigenvalue weighted by molar-refractivity contribution is 6.28. The molecule has 30 heavy (non-hydrogen) atoms. The number of aliphatic hydroxyl groups is 2. The molecule has 4 fully saturated rings. The molecular formula is C22H30ClN5O2. The molecule has 0 unspecified atom stereocenters. The molecule has 3 N–H and O–H groups in total. The molecule has 0 amide bonds. The second-order valence-electron chi connectivity index (χ2n) is 9.96. The normalized spacial score (nSPS) is 34.3. The van der Waals surface area contributed by atoms with Gasteiger partial charge in [-0.15, -0.1) is 0 Å². The monoisotopic (exact) mass is 431 g/mol. The lowest BCUT2D eigenvalue weighted by Crippen LogP contribution is -2.34. The molecule has 4 aliphatic rings. The van der Waals surface area contributed by atoms with Gasteiger partial charge in [0, 0.05) is 6.04 Å². The first-order valence-electron chi connectivity index (χ1n) is 11.6. The zero-order chi connectivity index (χ0) is 20.4. The molecule has 0 radical (unpaired) electrons. The van der Waals surface area contributed by atoms with E-state index in [1.165, 1.54) is 51.4 Å². The number of imidazole rings is 1. The molecule has 2 aromatic heterocycles. The highest BCUT2D eigenvalue weighted by Gasteiger charge is 2.60. The van der Waals surface area contributed by atoms with Crippen molar-refractivity contribution in [3.8, 4) is 0 Å². The van der Waals surface area contributed by atoms with E-state index < -0.39 is 12.2 Å². The maximum absolute atomic E-state index is 10.6. The van der Waals surface area contributed by atoms with Gasteiger partial charge in [0.25, 0.3) is 0 Å². The number of hydrogen-bond donors (Lipinski definition) is 3. The summed E-state index contributed by atoms with van der Waals surface area (Å²) in [7, 11) is 0. The van der Waals surface area contributed by atoms with Gasteiger partial charge in [-0.25, -0.2) is 4.98 Å². The number of rotatable bonds is 5. The number of aliphatic hydroxyl groups excluding tert-OH is 2. The van der Waals surface area contributed by atoms with Gasteiger partial charge in [0.15, 0.2) is 17.0 Å². The Morgan fingerprint density at radius 1 is 0.967 bits per heavy atom. The maximum Gasteiger partial charge on any atom is 0.226 e. The average Bonchev–Trinajstić information content (AvgIpc) is 3.20. The van der Waals surface area contributed by atoms with E-state index in [-0.39, 0.29) is 23.2 Å². The fourth-order valence-corrected chi connectivity index (χ4v) is 6.89. The SMILES string of the molecule is O[C@@H]1[C@H](O)[C@@H]2C[C@@H]2[C@H]1n1cnc2c(NC(C3CCCC3)C3CCCC3)nc(Cl)nc21. The van der Waals surface area contributed by atoms with Gasteiger partial charge in [-0.3, -0.25) is 0 Å². The third-order valence-electron chi connectivity index (χ3n) is 8.30. The second-order valence-corrected chi connectivity index (χ2v) is 10.3. The number of fused-ring (bicyclic) bond motifs is 2. The number of anilines is 1. The summed E-state index contributed by atoms with van der Waals surface area (Å²) in [4.78, 5) is 13.7. The first-order chi connectivity index (χ1) is 14.6. The van der Waals surface area contributed by atoms with Crippen LogP contribution in [0.3, 0.4) is 0 Å². The van der Waals surface area contributed by atoms with Crippen molar-refractivity contribution in [1.29, 1.82) is 0 Å². The molecule has 0 aliphatic heterocycles. The third-order valence-corrected chi connectivity index (χ3v) is 8.47. The van der Waals surface area contributed by atoms with Crippen LogP contribution in [-0.2, 0) is 0 Å². The molecule has 0 aromatic carbocycles. The highest BCUT2D eigenvalue weighted by Crippen LogP contribution is 2.58. The Morgan fingerprint density at radius 2 is 1.63 bits per heavy atom. The Hall–Kier alpha value is -1.44. The molecular weight excluding hydrogens is 402 g/mol. The topological polar surface area (TPSA) is 96.1 Å². The van der Waals surface area contributed by atoms with Gasteiger partial charge < -0.3 is 20.1 Å². The summed E-state index contributed by atoms with van der Waals surface area (Å²) in [5, 5.41) is 24.8. The molecule has 2 heterocycles. The van der Waals surface area contributed by atoms with E-state index in [0.29, 0.717) is 34.9 Å². The van der Waals surface area contributed by atoms with Crippen LogP contribution in [-0.4, -0.2) is 48.0 Å². The van der Waals surface area contributed by atoms with E-state index in [2.05, 4.69) is 20.3 Å². The Morgan fingerprint density at radius 3 is 2.23 bits per heavy atom. The molecule has 0 saturated heterocycles. The van der Waals surface area contributed by atoms with Crippen molar-refractivity contribution in [2.24, 2.45) is 23.7 Å². The molecule has 7 nitrogen and oxygen atoms in total. The van der Waals surface area contributed by atoms with E-state index in [4.69, 9.17) is 11.6 Å². The first kappa shape index (κ1) is 19.3. The standard InChI is InChI=1S/C22H30ClN5O2/c23-22-26-20(25-15(11-5-1-2-6-11)12-7-3-4-8-12)16-21(27-22)28(10-24-16)17-13-9-14(13)18(29)19(17)30/h10-15,17-19,29-30H,1-9H2,(H,25,26,27)/t13-,14+,17+,18+,19-/m0/s1. The Labute approximate surface area is 181 Å². The third kappa shape index (κ3) is 3.04. The van der Waals surface area contributed by atoms with E-state index >= 15 is 0 Å². The summed E-state index contributed by atoms with van der Waals surface area (Å²) in [6.07, 6.45) is 11.6. The van der Waals surface area contributed by atoms with Gasteiger partial charge in [-0.2, -0.15) is 9.97 Å². The molecule has 2 aromatic rings. The van der Waals surface area contributed by atoms with Crippen LogP contribution >= 0.6 is 11.6 Å². The fraction of sp³-hybridized carbons (Fsp3) is 0.773. The van der Waals surface area contributed by atoms with Crippen molar-refractivity contribution >= 4 is 28.6 Å². The van der Waals surface area contributed by atoms with Gasteiger partial charge in [-0.05, 0) is 67.4 Å². The number of aromatic nitrogens is 4. The summed E-state index contributed by atoms with van der Waals surface area (Å²) in [5.41, 5.74) is 1.36. The van der Waals surface area contributed by atoms with Crippen LogP contribution in [0.1, 0.15) is 63.8 Å². The van der Waals surface area contributed by atoms with Crippen LogP contribution in [0.15, 0.2) is 6.33 Å². The van der Waals surface area contributed by atoms with Crippen molar-refractivity contribution in [3.63, 3.8) is 0 Å². The molecule has 0 bridgehead atoms. The van der Waals surface area contributed by atoms with Gasteiger partial charge in [0.2, 0.25) is 5.28 Å².